The number of tetrazole rings is 1. The van der Waals surface area contributed by atoms with Gasteiger partial charge in [-0.3, -0.25) is 9.69 Å². The van der Waals surface area contributed by atoms with Crippen molar-refractivity contribution in [2.45, 2.75) is 38.8 Å². The average Bonchev–Trinajstić information content (AvgIpc) is 3.05. The molecule has 0 radical (unpaired) electrons. The summed E-state index contributed by atoms with van der Waals surface area (Å²) in [6.45, 7) is 4.51. The predicted molar refractivity (Wildman–Crippen MR) is 89.9 cm³/mol. The Hall–Kier alpha value is -2.28. The smallest absolute Gasteiger partial charge is 0.220 e. The van der Waals surface area contributed by atoms with Crippen LogP contribution in [0.1, 0.15) is 43.6 Å². The van der Waals surface area contributed by atoms with Gasteiger partial charge in [0.2, 0.25) is 5.91 Å². The third-order valence-corrected chi connectivity index (χ3v) is 4.79. The van der Waals surface area contributed by atoms with E-state index < -0.39 is 0 Å². The van der Waals surface area contributed by atoms with Crippen molar-refractivity contribution < 1.29 is 4.79 Å². The van der Waals surface area contributed by atoms with Crippen LogP contribution >= 0.6 is 0 Å². The summed E-state index contributed by atoms with van der Waals surface area (Å²) in [5.41, 5.74) is 6.61. The normalized spacial score (nSPS) is 17.7. The van der Waals surface area contributed by atoms with Crippen molar-refractivity contribution in [3.8, 4) is 0 Å². The van der Waals surface area contributed by atoms with E-state index in [0.29, 0.717) is 6.54 Å². The molecule has 1 aliphatic rings. The first-order chi connectivity index (χ1) is 11.7. The fourth-order valence-electron chi connectivity index (χ4n) is 3.42. The fraction of sp³-hybridized carbons (Fsp3) is 0.529. The zero-order valence-corrected chi connectivity index (χ0v) is 14.0. The first kappa shape index (κ1) is 16.6. The van der Waals surface area contributed by atoms with Gasteiger partial charge in [0.05, 0.1) is 12.6 Å². The van der Waals surface area contributed by atoms with Gasteiger partial charge >= 0.3 is 0 Å². The molecule has 1 saturated heterocycles. The molecule has 24 heavy (non-hydrogen) atoms. The molecule has 0 saturated carbocycles. The topological polar surface area (TPSA) is 89.9 Å². The zero-order valence-electron chi connectivity index (χ0n) is 14.0. The summed E-state index contributed by atoms with van der Waals surface area (Å²) >= 11 is 0. The third kappa shape index (κ3) is 3.62. The number of nitrogens with two attached hydrogens (primary N) is 1. The van der Waals surface area contributed by atoms with Crippen LogP contribution in [0.15, 0.2) is 30.3 Å². The lowest BCUT2D eigenvalue weighted by atomic mass is 9.94. The van der Waals surface area contributed by atoms with Crippen LogP contribution in [0.5, 0.6) is 0 Å². The van der Waals surface area contributed by atoms with E-state index >= 15 is 0 Å². The zero-order chi connectivity index (χ0) is 16.9. The van der Waals surface area contributed by atoms with Crippen molar-refractivity contribution in [1.29, 1.82) is 0 Å². The van der Waals surface area contributed by atoms with Gasteiger partial charge < -0.3 is 5.73 Å². The van der Waals surface area contributed by atoms with Crippen LogP contribution in [0.3, 0.4) is 0 Å². The molecule has 1 aromatic carbocycles. The highest BCUT2D eigenvalue weighted by atomic mass is 16.1. The lowest BCUT2D eigenvalue weighted by molar-refractivity contribution is -0.123. The summed E-state index contributed by atoms with van der Waals surface area (Å²) in [6.07, 6.45) is 2.55. The molecule has 2 heterocycles. The number of hydrogen-bond acceptors (Lipinski definition) is 5. The van der Waals surface area contributed by atoms with Gasteiger partial charge in [-0.1, -0.05) is 37.3 Å². The number of carbonyl (C=O) groups is 1. The van der Waals surface area contributed by atoms with Crippen LogP contribution in [-0.2, 0) is 11.3 Å². The molecule has 2 N–H and O–H groups in total. The quantitative estimate of drug-likeness (QED) is 0.865. The summed E-state index contributed by atoms with van der Waals surface area (Å²) in [7, 11) is 0. The van der Waals surface area contributed by atoms with Crippen LogP contribution in [0, 0.1) is 5.92 Å². The summed E-state index contributed by atoms with van der Waals surface area (Å²) in [5, 5.41) is 12.3. The van der Waals surface area contributed by atoms with E-state index in [1.54, 1.807) is 0 Å². The third-order valence-electron chi connectivity index (χ3n) is 4.79. The molecular weight excluding hydrogens is 304 g/mol. The second-order valence-corrected chi connectivity index (χ2v) is 6.32. The maximum absolute atomic E-state index is 11.4. The molecule has 0 spiro atoms. The lowest BCUT2D eigenvalue weighted by Crippen LogP contribution is -2.41. The molecule has 7 nitrogen and oxygen atoms in total. The summed E-state index contributed by atoms with van der Waals surface area (Å²) in [6, 6.07) is 10.4. The average molecular weight is 328 g/mol. The van der Waals surface area contributed by atoms with E-state index in [0.717, 1.165) is 38.2 Å². The number of aromatic nitrogens is 4. The lowest BCUT2D eigenvalue weighted by Gasteiger charge is -2.35. The Morgan fingerprint density at radius 1 is 1.29 bits per heavy atom. The molecule has 3 rings (SSSR count). The molecule has 0 bridgehead atoms. The number of benzene rings is 1. The molecule has 7 heteroatoms. The Kier molecular flexibility index (Phi) is 5.20. The molecule has 1 amide bonds. The Balaban J connectivity index is 1.73. The van der Waals surface area contributed by atoms with Crippen molar-refractivity contribution in [2.75, 3.05) is 13.1 Å². The Labute approximate surface area is 141 Å². The summed E-state index contributed by atoms with van der Waals surface area (Å²) in [4.78, 5) is 13.7. The Morgan fingerprint density at radius 3 is 2.62 bits per heavy atom. The number of likely N-dealkylation sites (tertiary alicyclic amines) is 1. The number of rotatable bonds is 6. The largest absolute Gasteiger partial charge is 0.369 e. The fourth-order valence-corrected chi connectivity index (χ4v) is 3.42. The number of piperidine rings is 1. The van der Waals surface area contributed by atoms with E-state index in [4.69, 9.17) is 5.73 Å². The molecule has 2 aromatic rings. The van der Waals surface area contributed by atoms with E-state index in [2.05, 4.69) is 39.5 Å². The SMILES string of the molecule is CCC(c1nnnn1Cc1ccccc1)N1CCC(C(N)=O)CC1. The van der Waals surface area contributed by atoms with Gasteiger partial charge in [-0.15, -0.1) is 5.10 Å². The van der Waals surface area contributed by atoms with Gasteiger partial charge in [-0.05, 0) is 48.3 Å². The van der Waals surface area contributed by atoms with Crippen molar-refractivity contribution in [3.63, 3.8) is 0 Å². The van der Waals surface area contributed by atoms with Crippen LogP contribution < -0.4 is 5.73 Å². The van der Waals surface area contributed by atoms with Gasteiger partial charge in [0.15, 0.2) is 5.82 Å². The van der Waals surface area contributed by atoms with Gasteiger partial charge in [0.25, 0.3) is 0 Å². The highest BCUT2D eigenvalue weighted by molar-refractivity contribution is 5.76. The van der Waals surface area contributed by atoms with Gasteiger partial charge in [0.1, 0.15) is 0 Å². The maximum atomic E-state index is 11.4. The first-order valence-electron chi connectivity index (χ1n) is 8.52. The molecular formula is C17H24N6O. The highest BCUT2D eigenvalue weighted by Crippen LogP contribution is 2.28. The van der Waals surface area contributed by atoms with E-state index in [-0.39, 0.29) is 17.9 Å². The number of carbonyl (C=O) groups excluding carboxylic acids is 1. The van der Waals surface area contributed by atoms with E-state index in [9.17, 15) is 4.79 Å². The second kappa shape index (κ2) is 7.53. The number of amides is 1. The standard InChI is InChI=1S/C17H24N6O/c1-2-15(22-10-8-14(9-11-22)16(18)24)17-19-20-21-23(17)12-13-6-4-3-5-7-13/h3-7,14-15H,2,8-12H2,1H3,(H2,18,24). The van der Waals surface area contributed by atoms with Crippen molar-refractivity contribution in [2.24, 2.45) is 11.7 Å². The molecule has 0 aliphatic carbocycles. The summed E-state index contributed by atoms with van der Waals surface area (Å²) in [5.74, 6) is 0.703. The van der Waals surface area contributed by atoms with Gasteiger partial charge in [-0.2, -0.15) is 0 Å². The van der Waals surface area contributed by atoms with E-state index in [1.807, 2.05) is 22.9 Å². The maximum Gasteiger partial charge on any atom is 0.220 e. The first-order valence-corrected chi connectivity index (χ1v) is 8.52. The monoisotopic (exact) mass is 328 g/mol. The minimum absolute atomic E-state index is 0.000861. The second-order valence-electron chi connectivity index (χ2n) is 6.32. The van der Waals surface area contributed by atoms with Crippen molar-refractivity contribution in [3.05, 3.63) is 41.7 Å². The number of nitrogens with zero attached hydrogens (tertiary/aromatic N) is 5. The van der Waals surface area contributed by atoms with Crippen LogP contribution in [-0.4, -0.2) is 44.1 Å². The molecule has 1 aromatic heterocycles. The number of hydrogen-bond donors (Lipinski definition) is 1. The van der Waals surface area contributed by atoms with E-state index in [1.165, 1.54) is 5.56 Å². The molecule has 1 fully saturated rings. The van der Waals surface area contributed by atoms with Gasteiger partial charge in [0, 0.05) is 5.92 Å². The van der Waals surface area contributed by atoms with Crippen LogP contribution in [0.4, 0.5) is 0 Å². The van der Waals surface area contributed by atoms with Crippen molar-refractivity contribution >= 4 is 5.91 Å². The highest BCUT2D eigenvalue weighted by Gasteiger charge is 2.30. The molecule has 1 unspecified atom stereocenters. The minimum Gasteiger partial charge on any atom is -0.369 e. The van der Waals surface area contributed by atoms with Gasteiger partial charge in [-0.25, -0.2) is 4.68 Å². The van der Waals surface area contributed by atoms with Crippen molar-refractivity contribution in [1.82, 2.24) is 25.1 Å². The molecule has 128 valence electrons. The Bertz CT molecular complexity index is 663. The molecule has 1 aliphatic heterocycles. The molecule has 1 atom stereocenters. The predicted octanol–water partition coefficient (Wildman–Crippen LogP) is 1.37. The van der Waals surface area contributed by atoms with Crippen LogP contribution in [0.2, 0.25) is 0 Å². The van der Waals surface area contributed by atoms with Crippen LogP contribution in [0.25, 0.3) is 0 Å². The summed E-state index contributed by atoms with van der Waals surface area (Å²) < 4.78 is 1.88. The Morgan fingerprint density at radius 2 is 2.00 bits per heavy atom. The minimum atomic E-state index is -0.184. The number of primary amides is 1.